The van der Waals surface area contributed by atoms with Crippen molar-refractivity contribution in [2.75, 3.05) is 18.8 Å². The molecule has 0 radical (unpaired) electrons. The monoisotopic (exact) mass is 572 g/mol. The number of sulfonamides is 1. The summed E-state index contributed by atoms with van der Waals surface area (Å²) < 4.78 is 68.7. The Balaban J connectivity index is 1.87. The first-order valence-corrected chi connectivity index (χ1v) is 12.7. The topological polar surface area (TPSA) is 153 Å². The zero-order valence-electron chi connectivity index (χ0n) is 18.4. The summed E-state index contributed by atoms with van der Waals surface area (Å²) in [5.74, 6) is -2.89. The summed E-state index contributed by atoms with van der Waals surface area (Å²) in [6.07, 6.45) is -2.92. The fraction of sp³-hybridized carbons (Fsp3) is 0.474. The van der Waals surface area contributed by atoms with E-state index in [0.717, 1.165) is 27.8 Å². The maximum Gasteiger partial charge on any atom is 0.434 e. The van der Waals surface area contributed by atoms with E-state index in [1.807, 2.05) is 0 Å². The van der Waals surface area contributed by atoms with Crippen LogP contribution in [0, 0.1) is 16.0 Å². The van der Waals surface area contributed by atoms with E-state index >= 15 is 0 Å². The van der Waals surface area contributed by atoms with Gasteiger partial charge in [0.25, 0.3) is 0 Å². The van der Waals surface area contributed by atoms with Crippen LogP contribution in [0.1, 0.15) is 19.3 Å². The molecule has 2 heterocycles. The van der Waals surface area contributed by atoms with Gasteiger partial charge in [-0.2, -0.15) is 17.9 Å². The average molecular weight is 573 g/mol. The number of carbonyl (C=O) groups excluding carboxylic acids is 1. The molecule has 0 spiro atoms. The summed E-state index contributed by atoms with van der Waals surface area (Å²) in [6, 6.07) is 0.794. The molecular weight excluding hydrogens is 552 g/mol. The van der Waals surface area contributed by atoms with E-state index in [1.165, 1.54) is 6.20 Å². The lowest BCUT2D eigenvalue weighted by Gasteiger charge is -2.35. The van der Waals surface area contributed by atoms with Crippen molar-refractivity contribution in [1.29, 1.82) is 0 Å². The first-order chi connectivity index (χ1) is 16.7. The van der Waals surface area contributed by atoms with Crippen molar-refractivity contribution in [3.63, 3.8) is 0 Å². The molecule has 36 heavy (non-hydrogen) atoms. The molecule has 3 rings (SSSR count). The molecule has 2 aromatic rings. The molecule has 1 atom stereocenters. The second-order valence-electron chi connectivity index (χ2n) is 8.09. The Morgan fingerprint density at radius 1 is 1.31 bits per heavy atom. The lowest BCUT2D eigenvalue weighted by atomic mass is 9.95. The van der Waals surface area contributed by atoms with Crippen LogP contribution in [0.3, 0.4) is 0 Å². The van der Waals surface area contributed by atoms with Crippen molar-refractivity contribution >= 4 is 50.8 Å². The van der Waals surface area contributed by atoms with Gasteiger partial charge in [-0.1, -0.05) is 28.2 Å². The van der Waals surface area contributed by atoms with Gasteiger partial charge in [-0.05, 0) is 29.9 Å². The highest BCUT2D eigenvalue weighted by Gasteiger charge is 2.43. The molecule has 1 saturated heterocycles. The minimum absolute atomic E-state index is 0.0732. The molecule has 17 heteroatoms. The number of carbonyl (C=O) groups is 1. The number of nitrogens with two attached hydrogens (primary N) is 1. The van der Waals surface area contributed by atoms with Crippen LogP contribution in [0.4, 0.5) is 24.8 Å². The van der Waals surface area contributed by atoms with E-state index in [4.69, 9.17) is 28.9 Å². The molecule has 0 saturated carbocycles. The van der Waals surface area contributed by atoms with Crippen LogP contribution in [-0.2, 0) is 21.4 Å². The fourth-order valence-corrected chi connectivity index (χ4v) is 6.12. The zero-order valence-corrected chi connectivity index (χ0v) is 20.7. The maximum absolute atomic E-state index is 13.2. The molecule has 1 unspecified atom stereocenters. The number of nitro groups is 1. The first-order valence-electron chi connectivity index (χ1n) is 10.5. The van der Waals surface area contributed by atoms with E-state index in [2.05, 4.69) is 9.71 Å². The number of halogens is 5. The number of nitrogen functional groups attached to an aromatic ring is 1. The van der Waals surface area contributed by atoms with Crippen LogP contribution in [0.5, 0.6) is 0 Å². The molecule has 1 aromatic carbocycles. The SMILES string of the molecule is Nc1cc(Cl)cc(Cl)c1S(=O)(=O)NC(CCn1ccnc1[N+](=O)[O-])C(=O)N1CCC(C(F)(F)F)CC1. The van der Waals surface area contributed by atoms with Gasteiger partial charge in [-0.15, -0.1) is 0 Å². The van der Waals surface area contributed by atoms with Crippen LogP contribution in [0.25, 0.3) is 0 Å². The Morgan fingerprint density at radius 2 is 1.94 bits per heavy atom. The highest BCUT2D eigenvalue weighted by Crippen LogP contribution is 2.35. The first kappa shape index (κ1) is 28.0. The van der Waals surface area contributed by atoms with Gasteiger partial charge >= 0.3 is 12.1 Å². The number of imidazole rings is 1. The molecule has 1 fully saturated rings. The Kier molecular flexibility index (Phi) is 8.37. The van der Waals surface area contributed by atoms with Crippen molar-refractivity contribution in [2.45, 2.75) is 42.9 Å². The molecule has 3 N–H and O–H groups in total. The second kappa shape index (κ2) is 10.8. The molecule has 1 amide bonds. The second-order valence-corrected chi connectivity index (χ2v) is 10.6. The lowest BCUT2D eigenvalue weighted by Crippen LogP contribution is -2.52. The molecular formula is C19H21Cl2F3N6O5S. The Morgan fingerprint density at radius 3 is 2.50 bits per heavy atom. The van der Waals surface area contributed by atoms with Crippen LogP contribution in [0.2, 0.25) is 10.0 Å². The smallest absolute Gasteiger partial charge is 0.398 e. The van der Waals surface area contributed by atoms with Crippen LogP contribution in [0.15, 0.2) is 29.4 Å². The fourth-order valence-electron chi connectivity index (χ4n) is 3.91. The van der Waals surface area contributed by atoms with E-state index < -0.39 is 49.8 Å². The average Bonchev–Trinajstić information content (AvgIpc) is 3.23. The van der Waals surface area contributed by atoms with Crippen molar-refractivity contribution in [2.24, 2.45) is 5.92 Å². The van der Waals surface area contributed by atoms with Gasteiger partial charge in [0.1, 0.15) is 23.3 Å². The van der Waals surface area contributed by atoms with Gasteiger partial charge in [0, 0.05) is 24.5 Å². The summed E-state index contributed by atoms with van der Waals surface area (Å²) in [6.45, 7) is -0.676. The van der Waals surface area contributed by atoms with Crippen molar-refractivity contribution < 1.29 is 31.3 Å². The van der Waals surface area contributed by atoms with Gasteiger partial charge in [0.05, 0.1) is 23.2 Å². The number of anilines is 1. The maximum atomic E-state index is 13.2. The number of likely N-dealkylation sites (tertiary alicyclic amines) is 1. The number of nitrogens with zero attached hydrogens (tertiary/aromatic N) is 4. The van der Waals surface area contributed by atoms with Crippen LogP contribution < -0.4 is 10.5 Å². The number of aromatic nitrogens is 2. The Bertz CT molecular complexity index is 1230. The molecule has 0 bridgehead atoms. The molecule has 1 aliphatic rings. The summed E-state index contributed by atoms with van der Waals surface area (Å²) in [5, 5.41) is 10.9. The number of amides is 1. The van der Waals surface area contributed by atoms with Crippen LogP contribution in [-0.4, -0.2) is 59.0 Å². The number of alkyl halides is 3. The van der Waals surface area contributed by atoms with Gasteiger partial charge in [-0.3, -0.25) is 4.79 Å². The quantitative estimate of drug-likeness (QED) is 0.279. The van der Waals surface area contributed by atoms with E-state index in [1.54, 1.807) is 0 Å². The molecule has 0 aliphatic carbocycles. The predicted octanol–water partition coefficient (Wildman–Crippen LogP) is 3.22. The normalized spacial score (nSPS) is 16.2. The minimum atomic E-state index is -4.52. The van der Waals surface area contributed by atoms with E-state index in [-0.39, 0.29) is 54.6 Å². The van der Waals surface area contributed by atoms with Gasteiger partial charge < -0.3 is 20.7 Å². The van der Waals surface area contributed by atoms with Crippen molar-refractivity contribution in [3.8, 4) is 0 Å². The number of aryl methyl sites for hydroxylation is 1. The van der Waals surface area contributed by atoms with Gasteiger partial charge in [-0.25, -0.2) is 13.0 Å². The standard InChI is InChI=1S/C19H21Cl2F3N6O5S/c20-12-9-13(21)16(14(25)10-12)36(34,35)27-15(3-7-29-8-4-26-18(29)30(32)33)17(31)28-5-1-11(2-6-28)19(22,23)24/h4,8-11,15,27H,1-3,5-7,25H2. The van der Waals surface area contributed by atoms with Crippen molar-refractivity contribution in [1.82, 2.24) is 19.2 Å². The summed E-state index contributed by atoms with van der Waals surface area (Å²) >= 11 is 11.9. The zero-order chi connectivity index (χ0) is 26.8. The number of rotatable bonds is 8. The predicted molar refractivity (Wildman–Crippen MR) is 124 cm³/mol. The summed E-state index contributed by atoms with van der Waals surface area (Å²) in [7, 11) is -4.52. The summed E-state index contributed by atoms with van der Waals surface area (Å²) in [4.78, 5) is 27.8. The van der Waals surface area contributed by atoms with E-state index in [9.17, 15) is 36.5 Å². The third-order valence-corrected chi connectivity index (χ3v) is 7.90. The number of hydrogen-bond acceptors (Lipinski definition) is 7. The van der Waals surface area contributed by atoms with Crippen molar-refractivity contribution in [3.05, 3.63) is 44.7 Å². The molecule has 11 nitrogen and oxygen atoms in total. The Labute approximate surface area is 213 Å². The summed E-state index contributed by atoms with van der Waals surface area (Å²) in [5.41, 5.74) is 5.50. The molecule has 1 aliphatic heterocycles. The number of hydrogen-bond donors (Lipinski definition) is 2. The number of piperidine rings is 1. The number of benzene rings is 1. The number of nitrogens with one attached hydrogen (secondary N) is 1. The largest absolute Gasteiger partial charge is 0.434 e. The molecule has 198 valence electrons. The van der Waals surface area contributed by atoms with Gasteiger partial charge in [0.2, 0.25) is 15.9 Å². The van der Waals surface area contributed by atoms with Crippen LogP contribution >= 0.6 is 23.2 Å². The third kappa shape index (κ3) is 6.38. The minimum Gasteiger partial charge on any atom is -0.398 e. The van der Waals surface area contributed by atoms with E-state index in [0.29, 0.717) is 0 Å². The highest BCUT2D eigenvalue weighted by molar-refractivity contribution is 7.89. The highest BCUT2D eigenvalue weighted by atomic mass is 35.5. The lowest BCUT2D eigenvalue weighted by molar-refractivity contribution is -0.396. The van der Waals surface area contributed by atoms with Gasteiger partial charge in [0.15, 0.2) is 0 Å². The Hall–Kier alpha value is -2.62. The third-order valence-electron chi connectivity index (χ3n) is 5.69. The molecule has 1 aromatic heterocycles.